The lowest BCUT2D eigenvalue weighted by Crippen LogP contribution is -2.11. The van der Waals surface area contributed by atoms with E-state index in [2.05, 4.69) is 9.72 Å². The number of nitrogens with zero attached hydrogens (tertiary/aromatic N) is 1. The summed E-state index contributed by atoms with van der Waals surface area (Å²) in [6.07, 6.45) is -2.60. The molecule has 0 radical (unpaired) electrons. The smallest absolute Gasteiger partial charge is 0.310 e. The summed E-state index contributed by atoms with van der Waals surface area (Å²) in [7, 11) is 1.11. The average Bonchev–Trinajstić information content (AvgIpc) is 2.22. The molecule has 0 amide bonds. The maximum Gasteiger partial charge on any atom is 0.310 e. The van der Waals surface area contributed by atoms with E-state index in [0.29, 0.717) is 0 Å². The van der Waals surface area contributed by atoms with Gasteiger partial charge in [0.25, 0.3) is 6.43 Å². The molecule has 88 valence electrons. The Balaban J connectivity index is 3.23. The molecule has 7 heteroatoms. The van der Waals surface area contributed by atoms with E-state index in [1.165, 1.54) is 0 Å². The number of alkyl halides is 2. The molecule has 0 saturated heterocycles. The molecular weight excluding hydrogens is 338 g/mol. The summed E-state index contributed by atoms with van der Waals surface area (Å²) in [6, 6.07) is 0. The van der Waals surface area contributed by atoms with Crippen LogP contribution in [0.2, 0.25) is 0 Å². The van der Waals surface area contributed by atoms with Crippen molar-refractivity contribution >= 4 is 28.6 Å². The average molecular weight is 345 g/mol. The molecule has 1 aromatic rings. The van der Waals surface area contributed by atoms with E-state index in [1.54, 1.807) is 22.6 Å². The van der Waals surface area contributed by atoms with E-state index in [0.717, 1.165) is 13.3 Å². The molecule has 1 heterocycles. The molecule has 0 aromatic carbocycles. The van der Waals surface area contributed by atoms with Gasteiger partial charge in [-0.2, -0.15) is 0 Å². The van der Waals surface area contributed by atoms with Crippen molar-refractivity contribution in [2.24, 2.45) is 0 Å². The zero-order valence-corrected chi connectivity index (χ0v) is 10.3. The largest absolute Gasteiger partial charge is 0.469 e. The van der Waals surface area contributed by atoms with Crippen LogP contribution in [0.3, 0.4) is 0 Å². The third-order valence-electron chi connectivity index (χ3n) is 1.89. The molecular formula is C9H7F3INO2. The number of esters is 1. The van der Waals surface area contributed by atoms with Crippen LogP contribution in [0.4, 0.5) is 13.2 Å². The van der Waals surface area contributed by atoms with Crippen molar-refractivity contribution in [1.29, 1.82) is 0 Å². The molecule has 1 aromatic heterocycles. The summed E-state index contributed by atoms with van der Waals surface area (Å²) in [5.74, 6) is -1.70. The van der Waals surface area contributed by atoms with Gasteiger partial charge in [-0.25, -0.2) is 18.2 Å². The minimum Gasteiger partial charge on any atom is -0.469 e. The first kappa shape index (κ1) is 13.2. The molecule has 0 saturated carbocycles. The van der Waals surface area contributed by atoms with Crippen molar-refractivity contribution in [2.45, 2.75) is 12.8 Å². The molecule has 3 nitrogen and oxygen atoms in total. The van der Waals surface area contributed by atoms with E-state index >= 15 is 0 Å². The number of hydrogen-bond donors (Lipinski definition) is 0. The van der Waals surface area contributed by atoms with Crippen LogP contribution in [-0.4, -0.2) is 18.1 Å². The lowest BCUT2D eigenvalue weighted by atomic mass is 10.1. The first-order chi connectivity index (χ1) is 7.47. The van der Waals surface area contributed by atoms with Crippen molar-refractivity contribution < 1.29 is 22.7 Å². The number of halogens is 4. The van der Waals surface area contributed by atoms with Gasteiger partial charge in [0.2, 0.25) is 0 Å². The van der Waals surface area contributed by atoms with Gasteiger partial charge in [-0.3, -0.25) is 4.79 Å². The van der Waals surface area contributed by atoms with E-state index in [9.17, 15) is 18.0 Å². The minimum absolute atomic E-state index is 0.0205. The summed E-state index contributed by atoms with van der Waals surface area (Å²) in [4.78, 5) is 14.4. The molecule has 0 N–H and O–H groups in total. The Labute approximate surface area is 103 Å². The molecule has 0 bridgehead atoms. The molecule has 0 atom stereocenters. The topological polar surface area (TPSA) is 39.2 Å². The monoisotopic (exact) mass is 345 g/mol. The Morgan fingerprint density at radius 3 is 2.75 bits per heavy atom. The summed E-state index contributed by atoms with van der Waals surface area (Å²) >= 11 is 1.57. The van der Waals surface area contributed by atoms with Crippen LogP contribution in [0.1, 0.15) is 17.6 Å². The van der Waals surface area contributed by atoms with Crippen molar-refractivity contribution in [3.63, 3.8) is 0 Å². The first-order valence-corrected chi connectivity index (χ1v) is 5.23. The highest BCUT2D eigenvalue weighted by Gasteiger charge is 2.23. The minimum atomic E-state index is -2.88. The number of methoxy groups -OCH3 is 1. The number of aromatic nitrogens is 1. The van der Waals surface area contributed by atoms with Crippen molar-refractivity contribution in [3.8, 4) is 0 Å². The Morgan fingerprint density at radius 2 is 2.25 bits per heavy atom. The van der Waals surface area contributed by atoms with Crippen LogP contribution in [-0.2, 0) is 16.0 Å². The zero-order valence-electron chi connectivity index (χ0n) is 8.14. The first-order valence-electron chi connectivity index (χ1n) is 4.15. The van der Waals surface area contributed by atoms with Crippen LogP contribution in [0.15, 0.2) is 6.20 Å². The third kappa shape index (κ3) is 2.83. The van der Waals surface area contributed by atoms with Crippen molar-refractivity contribution in [2.75, 3.05) is 7.11 Å². The normalized spacial score (nSPS) is 10.6. The zero-order chi connectivity index (χ0) is 12.3. The number of carbonyl (C=O) groups excluding carboxylic acids is 1. The van der Waals surface area contributed by atoms with Gasteiger partial charge >= 0.3 is 5.97 Å². The highest BCUT2D eigenvalue weighted by molar-refractivity contribution is 14.1. The fraction of sp³-hybridized carbons (Fsp3) is 0.333. The number of rotatable bonds is 3. The number of carbonyl (C=O) groups is 1. The second-order valence-corrected chi connectivity index (χ2v) is 3.86. The highest BCUT2D eigenvalue weighted by Crippen LogP contribution is 2.28. The molecule has 0 aliphatic rings. The summed E-state index contributed by atoms with van der Waals surface area (Å²) in [5, 5.41) is 0. The van der Waals surface area contributed by atoms with Crippen LogP contribution < -0.4 is 0 Å². The fourth-order valence-corrected chi connectivity index (χ4v) is 1.83. The van der Waals surface area contributed by atoms with Gasteiger partial charge in [-0.15, -0.1) is 0 Å². The van der Waals surface area contributed by atoms with Gasteiger partial charge in [0.15, 0.2) is 0 Å². The molecule has 1 rings (SSSR count). The summed E-state index contributed by atoms with van der Waals surface area (Å²) < 4.78 is 42.9. The standard InChI is InChI=1S/C9H7F3INO2/c1-16-6(15)2-4-5(10)3-14-9(13)7(4)8(11)12/h3,8H,2H2,1H3. The molecule has 0 aliphatic carbocycles. The second-order valence-electron chi connectivity index (χ2n) is 2.84. The lowest BCUT2D eigenvalue weighted by molar-refractivity contribution is -0.139. The quantitative estimate of drug-likeness (QED) is 0.480. The van der Waals surface area contributed by atoms with E-state index < -0.39 is 30.2 Å². The second kappa shape index (κ2) is 5.46. The van der Waals surface area contributed by atoms with Crippen LogP contribution in [0.25, 0.3) is 0 Å². The van der Waals surface area contributed by atoms with E-state index in [4.69, 9.17) is 0 Å². The number of hydrogen-bond acceptors (Lipinski definition) is 3. The summed E-state index contributed by atoms with van der Waals surface area (Å²) in [6.45, 7) is 0. The Kier molecular flexibility index (Phi) is 4.51. The molecule has 0 spiro atoms. The number of pyridine rings is 1. The van der Waals surface area contributed by atoms with Gasteiger partial charge in [-0.05, 0) is 22.6 Å². The predicted octanol–water partition coefficient (Wildman–Crippen LogP) is 2.48. The van der Waals surface area contributed by atoms with Crippen molar-refractivity contribution in [1.82, 2.24) is 4.98 Å². The number of ether oxygens (including phenoxy) is 1. The van der Waals surface area contributed by atoms with Crippen LogP contribution >= 0.6 is 22.6 Å². The highest BCUT2D eigenvalue weighted by atomic mass is 127. The molecule has 0 fully saturated rings. The third-order valence-corrected chi connectivity index (χ3v) is 2.75. The maximum atomic E-state index is 13.3. The van der Waals surface area contributed by atoms with Gasteiger partial charge in [-0.1, -0.05) is 0 Å². The molecule has 16 heavy (non-hydrogen) atoms. The Morgan fingerprint density at radius 1 is 1.62 bits per heavy atom. The van der Waals surface area contributed by atoms with Gasteiger partial charge < -0.3 is 4.74 Å². The molecule has 0 aliphatic heterocycles. The Bertz CT molecular complexity index is 412. The molecule has 0 unspecified atom stereocenters. The van der Waals surface area contributed by atoms with Gasteiger partial charge in [0, 0.05) is 5.56 Å². The van der Waals surface area contributed by atoms with Crippen LogP contribution in [0, 0.1) is 9.52 Å². The Hall–Kier alpha value is -0.860. The maximum absolute atomic E-state index is 13.3. The van der Waals surface area contributed by atoms with Gasteiger partial charge in [0.05, 0.1) is 25.3 Å². The fourth-order valence-electron chi connectivity index (χ4n) is 1.13. The summed E-state index contributed by atoms with van der Waals surface area (Å²) in [5.41, 5.74) is -0.910. The predicted molar refractivity (Wildman–Crippen MR) is 57.6 cm³/mol. The SMILES string of the molecule is COC(=O)Cc1c(F)cnc(I)c1C(F)F. The van der Waals surface area contributed by atoms with Crippen LogP contribution in [0.5, 0.6) is 0 Å². The van der Waals surface area contributed by atoms with Gasteiger partial charge in [0.1, 0.15) is 9.52 Å². The van der Waals surface area contributed by atoms with E-state index in [1.807, 2.05) is 0 Å². The van der Waals surface area contributed by atoms with Crippen molar-refractivity contribution in [3.05, 3.63) is 26.8 Å². The lowest BCUT2D eigenvalue weighted by Gasteiger charge is -2.10. The van der Waals surface area contributed by atoms with E-state index in [-0.39, 0.29) is 9.26 Å².